The molecule has 3 N–H and O–H groups in total. The highest BCUT2D eigenvalue weighted by molar-refractivity contribution is 7.89. The number of rotatable bonds is 14. The van der Waals surface area contributed by atoms with Gasteiger partial charge in [-0.05, 0) is 48.6 Å². The maximum atomic E-state index is 13.8. The Morgan fingerprint density at radius 2 is 1.80 bits per heavy atom. The number of nitrogens with one attached hydrogen (secondary N) is 1. The number of benzene rings is 2. The first-order valence-corrected chi connectivity index (χ1v) is 15.3. The Kier molecular flexibility index (Phi) is 12.2. The van der Waals surface area contributed by atoms with E-state index in [9.17, 15) is 18.0 Å². The van der Waals surface area contributed by atoms with E-state index in [0.717, 1.165) is 5.56 Å². The number of alkyl carbamates (subject to hydrolysis) is 1. The quantitative estimate of drug-likeness (QED) is 0.246. The first-order chi connectivity index (χ1) is 19.6. The van der Waals surface area contributed by atoms with Gasteiger partial charge >= 0.3 is 12.2 Å². The first-order valence-electron chi connectivity index (χ1n) is 13.9. The van der Waals surface area contributed by atoms with Crippen LogP contribution in [0.5, 0.6) is 0 Å². The molecule has 0 aromatic heterocycles. The summed E-state index contributed by atoms with van der Waals surface area (Å²) < 4.78 is 50.6. The van der Waals surface area contributed by atoms with Crippen molar-refractivity contribution in [2.24, 2.45) is 5.92 Å². The molecule has 12 heteroatoms. The molecule has 11 nitrogen and oxygen atoms in total. The molecule has 1 aliphatic rings. The van der Waals surface area contributed by atoms with Gasteiger partial charge in [0.05, 0.1) is 37.3 Å². The number of amides is 1. The number of ether oxygens (including phenoxy) is 4. The second-order valence-corrected chi connectivity index (χ2v) is 12.3. The Labute approximate surface area is 242 Å². The zero-order valence-electron chi connectivity index (χ0n) is 23.9. The molecule has 3 rings (SSSR count). The molecule has 0 radical (unpaired) electrons. The van der Waals surface area contributed by atoms with Gasteiger partial charge in [-0.15, -0.1) is 0 Å². The lowest BCUT2D eigenvalue weighted by atomic mass is 10.0. The molecule has 0 bridgehead atoms. The van der Waals surface area contributed by atoms with Crippen LogP contribution in [-0.4, -0.2) is 76.1 Å². The zero-order valence-corrected chi connectivity index (χ0v) is 24.7. The van der Waals surface area contributed by atoms with Crippen LogP contribution >= 0.6 is 0 Å². The van der Waals surface area contributed by atoms with Gasteiger partial charge in [0.2, 0.25) is 10.0 Å². The summed E-state index contributed by atoms with van der Waals surface area (Å²) in [6.07, 6.45) is -1.80. The van der Waals surface area contributed by atoms with Gasteiger partial charge in [0.15, 0.2) is 0 Å². The third-order valence-corrected chi connectivity index (χ3v) is 8.20. The minimum absolute atomic E-state index is 0.0490. The number of sulfonamides is 1. The van der Waals surface area contributed by atoms with Crippen molar-refractivity contribution in [1.82, 2.24) is 9.62 Å². The third-order valence-electron chi connectivity index (χ3n) is 6.35. The molecule has 1 amide bonds. The maximum absolute atomic E-state index is 13.8. The van der Waals surface area contributed by atoms with Crippen molar-refractivity contribution in [3.05, 3.63) is 60.2 Å². The molecule has 3 unspecified atom stereocenters. The second-order valence-electron chi connectivity index (χ2n) is 10.4. The molecule has 41 heavy (non-hydrogen) atoms. The van der Waals surface area contributed by atoms with Crippen LogP contribution in [0, 0.1) is 5.92 Å². The smallest absolute Gasteiger partial charge is 0.444 e. The fourth-order valence-corrected chi connectivity index (χ4v) is 5.96. The summed E-state index contributed by atoms with van der Waals surface area (Å²) in [6, 6.07) is 14.3. The minimum Gasteiger partial charge on any atom is -0.444 e. The number of nitrogens with two attached hydrogens (primary N) is 1. The van der Waals surface area contributed by atoms with Crippen molar-refractivity contribution in [3.63, 3.8) is 0 Å². The number of hydrogen-bond donors (Lipinski definition) is 2. The van der Waals surface area contributed by atoms with E-state index < -0.39 is 40.5 Å². The standard InChI is InChI=1S/C29H41N3O8S/c1-4-15-38-29(34)40-27(19-32(18-21(2)3)41(35,36)25-12-10-23(30)11-13-25)26(17-22-8-6-5-7-9-22)31-28(33)39-24-14-16-37-20-24/h5-13,21,24,26-27H,4,14-20,30H2,1-3H3,(H,31,33). The van der Waals surface area contributed by atoms with Crippen LogP contribution < -0.4 is 11.1 Å². The van der Waals surface area contributed by atoms with Crippen molar-refractivity contribution in [3.8, 4) is 0 Å². The monoisotopic (exact) mass is 591 g/mol. The van der Waals surface area contributed by atoms with E-state index in [1.54, 1.807) is 0 Å². The molecule has 0 spiro atoms. The molecule has 226 valence electrons. The molecule has 0 aliphatic carbocycles. The van der Waals surface area contributed by atoms with Crippen molar-refractivity contribution in [1.29, 1.82) is 0 Å². The summed E-state index contributed by atoms with van der Waals surface area (Å²) in [6.45, 7) is 6.43. The topological polar surface area (TPSA) is 146 Å². The molecule has 3 atom stereocenters. The van der Waals surface area contributed by atoms with Crippen molar-refractivity contribution < 1.29 is 37.0 Å². The largest absolute Gasteiger partial charge is 0.508 e. The molecule has 1 saturated heterocycles. The number of carbonyl (C=O) groups excluding carboxylic acids is 2. The Bertz CT molecular complexity index is 1200. The van der Waals surface area contributed by atoms with Crippen LogP contribution in [0.2, 0.25) is 0 Å². The highest BCUT2D eigenvalue weighted by atomic mass is 32.2. The van der Waals surface area contributed by atoms with Crippen LogP contribution in [0.1, 0.15) is 39.2 Å². The van der Waals surface area contributed by atoms with Gasteiger partial charge in [0.25, 0.3) is 0 Å². The van der Waals surface area contributed by atoms with Gasteiger partial charge in [-0.25, -0.2) is 18.0 Å². The SMILES string of the molecule is CCCOC(=O)OC(CN(CC(C)C)S(=O)(=O)c1ccc(N)cc1)C(Cc1ccccc1)NC(=O)OC1CCOC1. The Balaban J connectivity index is 1.96. The molecule has 2 aromatic carbocycles. The Morgan fingerprint density at radius 3 is 2.41 bits per heavy atom. The van der Waals surface area contributed by atoms with Crippen LogP contribution in [0.15, 0.2) is 59.5 Å². The lowest BCUT2D eigenvalue weighted by Gasteiger charge is -2.33. The normalized spacial score (nSPS) is 16.8. The Morgan fingerprint density at radius 1 is 1.10 bits per heavy atom. The average molecular weight is 592 g/mol. The highest BCUT2D eigenvalue weighted by Crippen LogP contribution is 2.22. The summed E-state index contributed by atoms with van der Waals surface area (Å²) in [7, 11) is -4.03. The Hall–Kier alpha value is -3.35. The van der Waals surface area contributed by atoms with Gasteiger partial charge in [0, 0.05) is 18.7 Å². The third kappa shape index (κ3) is 10.2. The fourth-order valence-electron chi connectivity index (χ4n) is 4.34. The van der Waals surface area contributed by atoms with Crippen LogP contribution in [0.3, 0.4) is 0 Å². The number of hydrogen-bond acceptors (Lipinski definition) is 9. The molecule has 1 heterocycles. The molecule has 2 aromatic rings. The predicted molar refractivity (Wildman–Crippen MR) is 154 cm³/mol. The summed E-state index contributed by atoms with van der Waals surface area (Å²) >= 11 is 0. The molecule has 0 saturated carbocycles. The van der Waals surface area contributed by atoms with Gasteiger partial charge in [-0.3, -0.25) is 0 Å². The summed E-state index contributed by atoms with van der Waals surface area (Å²) in [4.78, 5) is 25.7. The van der Waals surface area contributed by atoms with Crippen molar-refractivity contribution in [2.75, 3.05) is 38.6 Å². The van der Waals surface area contributed by atoms with Crippen LogP contribution in [0.25, 0.3) is 0 Å². The van der Waals surface area contributed by atoms with Crippen LogP contribution in [0.4, 0.5) is 15.3 Å². The molecule has 1 fully saturated rings. The van der Waals surface area contributed by atoms with E-state index in [4.69, 9.17) is 24.7 Å². The van der Waals surface area contributed by atoms with Gasteiger partial charge in [0.1, 0.15) is 12.2 Å². The van der Waals surface area contributed by atoms with E-state index in [2.05, 4.69) is 5.32 Å². The summed E-state index contributed by atoms with van der Waals surface area (Å²) in [5, 5.41) is 2.82. The molecule has 1 aliphatic heterocycles. The van der Waals surface area contributed by atoms with E-state index in [0.29, 0.717) is 31.7 Å². The van der Waals surface area contributed by atoms with Gasteiger partial charge in [-0.2, -0.15) is 4.31 Å². The lowest BCUT2D eigenvalue weighted by Crippen LogP contribution is -2.53. The van der Waals surface area contributed by atoms with E-state index in [-0.39, 0.29) is 36.9 Å². The minimum atomic E-state index is -4.03. The average Bonchev–Trinajstić information content (AvgIpc) is 3.44. The van der Waals surface area contributed by atoms with Crippen molar-refractivity contribution in [2.45, 2.75) is 63.2 Å². The van der Waals surface area contributed by atoms with E-state index >= 15 is 0 Å². The zero-order chi connectivity index (χ0) is 29.8. The van der Waals surface area contributed by atoms with E-state index in [1.165, 1.54) is 28.6 Å². The first kappa shape index (κ1) is 32.2. The predicted octanol–water partition coefficient (Wildman–Crippen LogP) is 3.97. The molecular weight excluding hydrogens is 550 g/mol. The van der Waals surface area contributed by atoms with Crippen LogP contribution in [-0.2, 0) is 35.4 Å². The van der Waals surface area contributed by atoms with Gasteiger partial charge in [-0.1, -0.05) is 51.1 Å². The second kappa shape index (κ2) is 15.6. The fraction of sp³-hybridized carbons (Fsp3) is 0.517. The van der Waals surface area contributed by atoms with Gasteiger partial charge < -0.3 is 30.0 Å². The summed E-state index contributed by atoms with van der Waals surface area (Å²) in [5.41, 5.74) is 7.05. The molecular formula is C29H41N3O8S. The van der Waals surface area contributed by atoms with Crippen molar-refractivity contribution >= 4 is 28.0 Å². The number of anilines is 1. The summed E-state index contributed by atoms with van der Waals surface area (Å²) in [5.74, 6) is -0.0564. The maximum Gasteiger partial charge on any atom is 0.508 e. The highest BCUT2D eigenvalue weighted by Gasteiger charge is 2.35. The number of nitrogens with zero attached hydrogens (tertiary/aromatic N) is 1. The van der Waals surface area contributed by atoms with E-state index in [1.807, 2.05) is 51.1 Å². The lowest BCUT2D eigenvalue weighted by molar-refractivity contribution is 0.00135. The number of carbonyl (C=O) groups is 2. The number of nitrogen functional groups attached to an aromatic ring is 1.